The highest BCUT2D eigenvalue weighted by Gasteiger charge is 2.34. The van der Waals surface area contributed by atoms with E-state index in [1.54, 1.807) is 4.90 Å². The molecule has 0 N–H and O–H groups in total. The van der Waals surface area contributed by atoms with Crippen LogP contribution >= 0.6 is 0 Å². The minimum Gasteiger partial charge on any atom is -0.410 e. The number of ether oxygens (including phenoxy) is 1. The number of nitrogens with zero attached hydrogens (tertiary/aromatic N) is 2. The van der Waals surface area contributed by atoms with Gasteiger partial charge >= 0.3 is 6.09 Å². The molecule has 1 atom stereocenters. The maximum atomic E-state index is 13.5. The second kappa shape index (κ2) is 10.4. The van der Waals surface area contributed by atoms with Crippen molar-refractivity contribution in [2.75, 3.05) is 7.05 Å². The number of amides is 1. The Morgan fingerprint density at radius 1 is 0.857 bits per heavy atom. The molecule has 0 radical (unpaired) electrons. The fourth-order valence-electron chi connectivity index (χ4n) is 5.90. The molecule has 182 valence electrons. The largest absolute Gasteiger partial charge is 0.415 e. The molecule has 0 aliphatic rings. The van der Waals surface area contributed by atoms with E-state index >= 15 is 0 Å². The molecular formula is C30H36BN2O2-. The van der Waals surface area contributed by atoms with Gasteiger partial charge in [0, 0.05) is 31.1 Å². The fraction of sp³-hybridized carbons (Fsp3) is 0.300. The molecule has 0 saturated heterocycles. The summed E-state index contributed by atoms with van der Waals surface area (Å²) < 4.78 is 8.19. The van der Waals surface area contributed by atoms with Gasteiger partial charge in [-0.05, 0) is 29.3 Å². The minimum atomic E-state index is -0.824. The summed E-state index contributed by atoms with van der Waals surface area (Å²) in [6.45, 7) is 6.91. The van der Waals surface area contributed by atoms with E-state index in [2.05, 4.69) is 68.8 Å². The van der Waals surface area contributed by atoms with Crippen LogP contribution in [-0.4, -0.2) is 28.8 Å². The van der Waals surface area contributed by atoms with Gasteiger partial charge in [-0.15, -0.1) is 5.59 Å². The molecule has 0 spiro atoms. The summed E-state index contributed by atoms with van der Waals surface area (Å²) in [7, 11) is 4.04. The Morgan fingerprint density at radius 3 is 2.00 bits per heavy atom. The zero-order valence-electron chi connectivity index (χ0n) is 21.6. The first kappa shape index (κ1) is 24.7. The van der Waals surface area contributed by atoms with Gasteiger partial charge in [-0.25, -0.2) is 4.79 Å². The van der Waals surface area contributed by atoms with E-state index in [1.807, 2.05) is 55.6 Å². The van der Waals surface area contributed by atoms with Gasteiger partial charge in [-0.1, -0.05) is 87.5 Å². The van der Waals surface area contributed by atoms with Crippen molar-refractivity contribution in [3.05, 3.63) is 96.1 Å². The van der Waals surface area contributed by atoms with Gasteiger partial charge in [0.25, 0.3) is 0 Å². The predicted molar refractivity (Wildman–Crippen MR) is 148 cm³/mol. The fourth-order valence-corrected chi connectivity index (χ4v) is 5.90. The number of aromatic nitrogens is 1. The molecule has 4 aromatic rings. The summed E-state index contributed by atoms with van der Waals surface area (Å²) in [6, 6.07) is 27.9. The van der Waals surface area contributed by atoms with Crippen molar-refractivity contribution >= 4 is 28.7 Å². The zero-order valence-corrected chi connectivity index (χ0v) is 21.6. The van der Waals surface area contributed by atoms with Gasteiger partial charge in [-0.3, -0.25) is 4.90 Å². The SMILES string of the molecule is CC[B-](CC)(CC)c1c(C(c2ccccc2)N(C)C(=O)Oc2ccccc2)c2ccccc2n1C. The quantitative estimate of drug-likeness (QED) is 0.259. The van der Waals surface area contributed by atoms with Crippen LogP contribution in [0.1, 0.15) is 37.9 Å². The number of para-hydroxylation sites is 2. The highest BCUT2D eigenvalue weighted by Crippen LogP contribution is 2.37. The Bertz CT molecular complexity index is 1270. The van der Waals surface area contributed by atoms with Gasteiger partial charge in [0.1, 0.15) is 5.75 Å². The van der Waals surface area contributed by atoms with Crippen LogP contribution < -0.4 is 10.3 Å². The second-order valence-electron chi connectivity index (χ2n) is 9.68. The van der Waals surface area contributed by atoms with Gasteiger partial charge in [0.2, 0.25) is 0 Å². The van der Waals surface area contributed by atoms with Gasteiger partial charge < -0.3 is 9.30 Å². The predicted octanol–water partition coefficient (Wildman–Crippen LogP) is 7.11. The summed E-state index contributed by atoms with van der Waals surface area (Å²) in [5.41, 5.74) is 4.86. The van der Waals surface area contributed by atoms with Crippen molar-refractivity contribution in [3.8, 4) is 5.75 Å². The molecule has 1 aromatic heterocycles. The lowest BCUT2D eigenvalue weighted by Gasteiger charge is -2.41. The van der Waals surface area contributed by atoms with Crippen molar-refractivity contribution in [3.63, 3.8) is 0 Å². The van der Waals surface area contributed by atoms with E-state index in [9.17, 15) is 4.79 Å². The van der Waals surface area contributed by atoms with Crippen molar-refractivity contribution in [1.82, 2.24) is 9.47 Å². The lowest BCUT2D eigenvalue weighted by molar-refractivity contribution is 0.153. The van der Waals surface area contributed by atoms with Crippen molar-refractivity contribution < 1.29 is 9.53 Å². The summed E-state index contributed by atoms with van der Waals surface area (Å²) in [5.74, 6) is 0.545. The number of rotatable bonds is 8. The molecule has 4 rings (SSSR count). The molecular weight excluding hydrogens is 431 g/mol. The van der Waals surface area contributed by atoms with Crippen molar-refractivity contribution in [2.45, 2.75) is 45.8 Å². The van der Waals surface area contributed by atoms with Crippen LogP contribution in [-0.2, 0) is 7.05 Å². The average molecular weight is 467 g/mol. The second-order valence-corrected chi connectivity index (χ2v) is 9.68. The summed E-state index contributed by atoms with van der Waals surface area (Å²) >= 11 is 0. The third kappa shape index (κ3) is 4.48. The van der Waals surface area contributed by atoms with Crippen LogP contribution in [0.15, 0.2) is 84.9 Å². The molecule has 0 aliphatic heterocycles. The standard InChI is InChI=1S/C30H36BN2O2/c1-6-31(7-2,8-3)29-27(25-21-15-16-22-26(25)32(29)4)28(23-17-11-9-12-18-23)33(5)30(34)35-24-19-13-10-14-20-24/h9-22,28H,6-8H2,1-5H3/q-1. The summed E-state index contributed by atoms with van der Waals surface area (Å²) in [4.78, 5) is 15.3. The topological polar surface area (TPSA) is 34.5 Å². The maximum absolute atomic E-state index is 13.5. The molecule has 1 unspecified atom stereocenters. The first-order chi connectivity index (χ1) is 17.0. The highest BCUT2D eigenvalue weighted by atomic mass is 16.6. The molecule has 0 fully saturated rings. The summed E-state index contributed by atoms with van der Waals surface area (Å²) in [6.07, 6.45) is 2.07. The Balaban J connectivity index is 1.96. The lowest BCUT2D eigenvalue weighted by atomic mass is 9.18. The number of carbonyl (C=O) groups excluding carboxylic acids is 1. The molecule has 0 aliphatic carbocycles. The average Bonchev–Trinajstić information content (AvgIpc) is 3.19. The van der Waals surface area contributed by atoms with Crippen LogP contribution in [0.25, 0.3) is 10.9 Å². The van der Waals surface area contributed by atoms with Crippen LogP contribution in [0.2, 0.25) is 19.0 Å². The molecule has 4 nitrogen and oxygen atoms in total. The Labute approximate surface area is 209 Å². The number of hydrogen-bond donors (Lipinski definition) is 0. The third-order valence-electron chi connectivity index (χ3n) is 8.13. The van der Waals surface area contributed by atoms with Crippen LogP contribution in [0.4, 0.5) is 4.79 Å². The lowest BCUT2D eigenvalue weighted by Crippen LogP contribution is -2.52. The normalized spacial score (nSPS) is 12.5. The number of fused-ring (bicyclic) bond motifs is 1. The van der Waals surface area contributed by atoms with E-state index in [1.165, 1.54) is 22.1 Å². The Hall–Kier alpha value is -3.47. The first-order valence-corrected chi connectivity index (χ1v) is 12.8. The maximum Gasteiger partial charge on any atom is 0.415 e. The van der Waals surface area contributed by atoms with E-state index in [0.717, 1.165) is 24.5 Å². The van der Waals surface area contributed by atoms with E-state index in [0.29, 0.717) is 5.75 Å². The van der Waals surface area contributed by atoms with E-state index in [-0.39, 0.29) is 12.1 Å². The van der Waals surface area contributed by atoms with Crippen molar-refractivity contribution in [1.29, 1.82) is 0 Å². The third-order valence-corrected chi connectivity index (χ3v) is 8.13. The van der Waals surface area contributed by atoms with Gasteiger partial charge in [0.05, 0.1) is 6.04 Å². The van der Waals surface area contributed by atoms with Gasteiger partial charge in [-0.2, -0.15) is 19.0 Å². The first-order valence-electron chi connectivity index (χ1n) is 12.8. The summed E-state index contributed by atoms with van der Waals surface area (Å²) in [5, 5.41) is 1.19. The molecule has 3 aromatic carbocycles. The monoisotopic (exact) mass is 467 g/mol. The van der Waals surface area contributed by atoms with Gasteiger partial charge in [0.15, 0.2) is 0 Å². The molecule has 0 saturated carbocycles. The molecule has 35 heavy (non-hydrogen) atoms. The Morgan fingerprint density at radius 2 is 1.40 bits per heavy atom. The highest BCUT2D eigenvalue weighted by molar-refractivity contribution is 6.91. The molecule has 1 heterocycles. The van der Waals surface area contributed by atoms with Crippen molar-refractivity contribution in [2.24, 2.45) is 7.05 Å². The van der Waals surface area contributed by atoms with Crippen LogP contribution in [0.5, 0.6) is 5.75 Å². The Kier molecular flexibility index (Phi) is 7.35. The number of benzene rings is 3. The van der Waals surface area contributed by atoms with E-state index < -0.39 is 6.15 Å². The number of carbonyl (C=O) groups is 1. The molecule has 1 amide bonds. The van der Waals surface area contributed by atoms with Crippen LogP contribution in [0, 0.1) is 0 Å². The minimum absolute atomic E-state index is 0.278. The smallest absolute Gasteiger partial charge is 0.410 e. The molecule has 5 heteroatoms. The number of aryl methyl sites for hydroxylation is 1. The van der Waals surface area contributed by atoms with Crippen LogP contribution in [0.3, 0.4) is 0 Å². The molecule has 0 bridgehead atoms. The number of hydrogen-bond acceptors (Lipinski definition) is 2. The van der Waals surface area contributed by atoms with E-state index in [4.69, 9.17) is 4.74 Å². The zero-order chi connectivity index (χ0) is 25.0.